The zero-order valence-corrected chi connectivity index (χ0v) is 13.3. The van der Waals surface area contributed by atoms with Crippen LogP contribution in [0.25, 0.3) is 0 Å². The van der Waals surface area contributed by atoms with E-state index in [0.717, 1.165) is 16.9 Å². The number of aryl methyl sites for hydroxylation is 1. The van der Waals surface area contributed by atoms with Crippen LogP contribution in [-0.4, -0.2) is 34.0 Å². The maximum atomic E-state index is 11.9. The molecule has 0 aliphatic heterocycles. The second kappa shape index (κ2) is 6.68. The Balaban J connectivity index is 1.88. The molecule has 2 N–H and O–H groups in total. The van der Waals surface area contributed by atoms with Gasteiger partial charge in [-0.15, -0.1) is 11.3 Å². The lowest BCUT2D eigenvalue weighted by molar-refractivity contribution is 0.0701. The van der Waals surface area contributed by atoms with E-state index in [2.05, 4.69) is 10.3 Å². The van der Waals surface area contributed by atoms with Crippen molar-refractivity contribution in [1.82, 2.24) is 15.2 Å². The van der Waals surface area contributed by atoms with Gasteiger partial charge in [-0.05, 0) is 29.3 Å². The van der Waals surface area contributed by atoms with Crippen LogP contribution in [0.15, 0.2) is 16.8 Å². The highest BCUT2D eigenvalue weighted by Crippen LogP contribution is 2.17. The summed E-state index contributed by atoms with van der Waals surface area (Å²) in [5, 5.41) is 16.2. The van der Waals surface area contributed by atoms with Crippen LogP contribution in [0.3, 0.4) is 0 Å². The van der Waals surface area contributed by atoms with Gasteiger partial charge in [0.2, 0.25) is 0 Å². The van der Waals surface area contributed by atoms with Crippen LogP contribution in [0.1, 0.15) is 25.9 Å². The van der Waals surface area contributed by atoms with Gasteiger partial charge in [0.25, 0.3) is 0 Å². The third-order valence-corrected chi connectivity index (χ3v) is 4.65. The molecule has 2 rings (SSSR count). The molecule has 0 bridgehead atoms. The first-order chi connectivity index (χ1) is 9.97. The number of carbonyl (C=O) groups is 2. The minimum absolute atomic E-state index is 0.214. The van der Waals surface area contributed by atoms with Crippen molar-refractivity contribution in [2.45, 2.75) is 20.0 Å². The van der Waals surface area contributed by atoms with Crippen molar-refractivity contribution in [3.05, 3.63) is 38.0 Å². The Kier molecular flexibility index (Phi) is 4.92. The fourth-order valence-corrected chi connectivity index (χ4v) is 3.24. The molecule has 0 spiro atoms. The van der Waals surface area contributed by atoms with E-state index in [1.165, 1.54) is 0 Å². The molecule has 0 saturated carbocycles. The Morgan fingerprint density at radius 1 is 1.48 bits per heavy atom. The van der Waals surface area contributed by atoms with E-state index < -0.39 is 5.97 Å². The van der Waals surface area contributed by atoms with Crippen LogP contribution >= 0.6 is 22.7 Å². The lowest BCUT2D eigenvalue weighted by atomic mass is 10.3. The number of nitrogens with one attached hydrogen (secondary N) is 1. The van der Waals surface area contributed by atoms with E-state index in [-0.39, 0.29) is 17.5 Å². The summed E-state index contributed by atoms with van der Waals surface area (Å²) in [5.74, 6) is -0.989. The second-order valence-electron chi connectivity index (χ2n) is 4.47. The SMILES string of the molecule is Cc1nc(CNC(=O)N(C)Cc2ccsc2)sc1C(=O)O. The number of thiazole rings is 1. The highest BCUT2D eigenvalue weighted by atomic mass is 32.1. The van der Waals surface area contributed by atoms with Crippen molar-refractivity contribution in [3.8, 4) is 0 Å². The fraction of sp³-hybridized carbons (Fsp3) is 0.308. The van der Waals surface area contributed by atoms with Gasteiger partial charge in [-0.3, -0.25) is 0 Å². The number of aromatic nitrogens is 1. The third kappa shape index (κ3) is 4.02. The number of carboxylic acid groups (broad SMARTS) is 1. The van der Waals surface area contributed by atoms with Crippen LogP contribution in [0, 0.1) is 6.92 Å². The van der Waals surface area contributed by atoms with Gasteiger partial charge in [0, 0.05) is 13.6 Å². The van der Waals surface area contributed by atoms with E-state index in [9.17, 15) is 9.59 Å². The lowest BCUT2D eigenvalue weighted by Crippen LogP contribution is -2.36. The van der Waals surface area contributed by atoms with Gasteiger partial charge in [-0.2, -0.15) is 11.3 Å². The Morgan fingerprint density at radius 3 is 2.81 bits per heavy atom. The van der Waals surface area contributed by atoms with Gasteiger partial charge < -0.3 is 15.3 Å². The lowest BCUT2D eigenvalue weighted by Gasteiger charge is -2.16. The number of carbonyl (C=O) groups excluding carboxylic acids is 1. The van der Waals surface area contributed by atoms with Crippen LogP contribution in [0.4, 0.5) is 4.79 Å². The third-order valence-electron chi connectivity index (χ3n) is 2.77. The Hall–Kier alpha value is -1.93. The maximum absolute atomic E-state index is 11.9. The number of nitrogens with zero attached hydrogens (tertiary/aromatic N) is 2. The molecule has 21 heavy (non-hydrogen) atoms. The van der Waals surface area contributed by atoms with Gasteiger partial charge in [-0.25, -0.2) is 14.6 Å². The maximum Gasteiger partial charge on any atom is 0.347 e. The number of urea groups is 1. The Morgan fingerprint density at radius 2 is 2.24 bits per heavy atom. The molecule has 0 aliphatic carbocycles. The molecule has 6 nitrogen and oxygen atoms in total. The minimum Gasteiger partial charge on any atom is -0.477 e. The highest BCUT2D eigenvalue weighted by molar-refractivity contribution is 7.13. The molecule has 8 heteroatoms. The summed E-state index contributed by atoms with van der Waals surface area (Å²) in [7, 11) is 1.71. The summed E-state index contributed by atoms with van der Waals surface area (Å²) in [4.78, 5) is 28.8. The molecule has 2 amide bonds. The summed E-state index contributed by atoms with van der Waals surface area (Å²) >= 11 is 2.67. The molecular formula is C13H15N3O3S2. The molecule has 0 radical (unpaired) electrons. The van der Waals surface area contributed by atoms with Crippen molar-refractivity contribution in [2.75, 3.05) is 7.05 Å². The van der Waals surface area contributed by atoms with E-state index >= 15 is 0 Å². The summed E-state index contributed by atoms with van der Waals surface area (Å²) in [6, 6.07) is 1.75. The summed E-state index contributed by atoms with van der Waals surface area (Å²) in [6.45, 7) is 2.41. The molecule has 0 unspecified atom stereocenters. The van der Waals surface area contributed by atoms with E-state index in [1.54, 1.807) is 30.2 Å². The number of aromatic carboxylic acids is 1. The molecule has 0 atom stereocenters. The van der Waals surface area contributed by atoms with Gasteiger partial charge in [0.05, 0.1) is 12.2 Å². The van der Waals surface area contributed by atoms with Crippen LogP contribution in [0.5, 0.6) is 0 Å². The van der Waals surface area contributed by atoms with Crippen LogP contribution in [0.2, 0.25) is 0 Å². The standard InChI is InChI=1S/C13H15N3O3S2/c1-8-11(12(17)18)21-10(15-8)5-14-13(19)16(2)6-9-3-4-20-7-9/h3-4,7H,5-6H2,1-2H3,(H,14,19)(H,17,18). The number of thiophene rings is 1. The normalized spacial score (nSPS) is 10.4. The molecule has 0 aliphatic rings. The summed E-state index contributed by atoms with van der Waals surface area (Å²) in [5.41, 5.74) is 1.55. The van der Waals surface area contributed by atoms with Crippen molar-refractivity contribution in [3.63, 3.8) is 0 Å². The van der Waals surface area contributed by atoms with Gasteiger partial charge in [-0.1, -0.05) is 0 Å². The number of hydrogen-bond acceptors (Lipinski definition) is 5. The van der Waals surface area contributed by atoms with Gasteiger partial charge >= 0.3 is 12.0 Å². The molecule has 2 aromatic heterocycles. The van der Waals surface area contributed by atoms with E-state index in [1.807, 2.05) is 16.8 Å². The number of hydrogen-bond donors (Lipinski definition) is 2. The average Bonchev–Trinajstić information content (AvgIpc) is 3.05. The largest absolute Gasteiger partial charge is 0.477 e. The number of carboxylic acids is 1. The molecule has 2 aromatic rings. The monoisotopic (exact) mass is 325 g/mol. The molecule has 2 heterocycles. The zero-order chi connectivity index (χ0) is 15.4. The molecule has 0 saturated heterocycles. The fourth-order valence-electron chi connectivity index (χ4n) is 1.74. The quantitative estimate of drug-likeness (QED) is 0.885. The van der Waals surface area contributed by atoms with Gasteiger partial charge in [0.15, 0.2) is 0 Å². The first kappa shape index (κ1) is 15.5. The zero-order valence-electron chi connectivity index (χ0n) is 11.6. The van der Waals surface area contributed by atoms with Crippen molar-refractivity contribution < 1.29 is 14.7 Å². The Bertz CT molecular complexity index is 637. The number of rotatable bonds is 5. The van der Waals surface area contributed by atoms with E-state index in [0.29, 0.717) is 17.2 Å². The predicted molar refractivity (Wildman–Crippen MR) is 81.8 cm³/mol. The van der Waals surface area contributed by atoms with Crippen molar-refractivity contribution >= 4 is 34.7 Å². The first-order valence-electron chi connectivity index (χ1n) is 6.17. The van der Waals surface area contributed by atoms with Crippen LogP contribution in [-0.2, 0) is 13.1 Å². The molecule has 0 fully saturated rings. The average molecular weight is 325 g/mol. The predicted octanol–water partition coefficient (Wildman–Crippen LogP) is 2.55. The summed E-state index contributed by atoms with van der Waals surface area (Å²) < 4.78 is 0. The van der Waals surface area contributed by atoms with Gasteiger partial charge in [0.1, 0.15) is 9.88 Å². The highest BCUT2D eigenvalue weighted by Gasteiger charge is 2.15. The molecular weight excluding hydrogens is 310 g/mol. The second-order valence-corrected chi connectivity index (χ2v) is 6.34. The van der Waals surface area contributed by atoms with Crippen LogP contribution < -0.4 is 5.32 Å². The summed E-state index contributed by atoms with van der Waals surface area (Å²) in [6.07, 6.45) is 0. The molecule has 0 aromatic carbocycles. The van der Waals surface area contributed by atoms with Crippen molar-refractivity contribution in [2.24, 2.45) is 0 Å². The smallest absolute Gasteiger partial charge is 0.347 e. The topological polar surface area (TPSA) is 82.5 Å². The molecule has 112 valence electrons. The van der Waals surface area contributed by atoms with E-state index in [4.69, 9.17) is 5.11 Å². The first-order valence-corrected chi connectivity index (χ1v) is 7.93. The number of amides is 2. The Labute approximate surface area is 130 Å². The minimum atomic E-state index is -0.989. The van der Waals surface area contributed by atoms with Crippen molar-refractivity contribution in [1.29, 1.82) is 0 Å².